The number of ether oxygens (including phenoxy) is 1. The molecule has 0 radical (unpaired) electrons. The molecule has 0 unspecified atom stereocenters. The fourth-order valence-corrected chi connectivity index (χ4v) is 5.26. The van der Waals surface area contributed by atoms with Crippen LogP contribution in [0.5, 0.6) is 5.75 Å². The molecule has 0 spiro atoms. The van der Waals surface area contributed by atoms with E-state index in [1.165, 1.54) is 0 Å². The van der Waals surface area contributed by atoms with Gasteiger partial charge in [0.15, 0.2) is 5.82 Å². The smallest absolute Gasteiger partial charge is 0.216 e. The first-order valence-electron chi connectivity index (χ1n) is 9.15. The fraction of sp³-hybridized carbons (Fsp3) is 0.0455. The summed E-state index contributed by atoms with van der Waals surface area (Å²) in [7, 11) is 0. The standard InChI is InChI=1S/C22H15ClI2N4OS/c23-17-8-6-14(7-9-17)13-30-20-18(24)10-15(11-19(20)25)12-26-29-21(27-28-22(29)31)16-4-2-1-3-5-16/h1-12H,13H2,(H,28,31)/b26-12-. The van der Waals surface area contributed by atoms with Gasteiger partial charge in [-0.25, -0.2) is 5.10 Å². The van der Waals surface area contributed by atoms with E-state index in [1.54, 1.807) is 10.9 Å². The maximum atomic E-state index is 6.06. The van der Waals surface area contributed by atoms with Crippen molar-refractivity contribution < 1.29 is 4.74 Å². The number of H-pyrrole nitrogens is 1. The van der Waals surface area contributed by atoms with Gasteiger partial charge in [-0.1, -0.05) is 54.1 Å². The number of aromatic nitrogens is 3. The van der Waals surface area contributed by atoms with Crippen molar-refractivity contribution in [2.45, 2.75) is 6.61 Å². The molecule has 3 aromatic carbocycles. The Hall–Kier alpha value is -1.76. The predicted molar refractivity (Wildman–Crippen MR) is 143 cm³/mol. The van der Waals surface area contributed by atoms with Gasteiger partial charge in [0.2, 0.25) is 4.77 Å². The van der Waals surface area contributed by atoms with Crippen molar-refractivity contribution in [1.82, 2.24) is 14.9 Å². The fourth-order valence-electron chi connectivity index (χ4n) is 2.83. The quantitative estimate of drug-likeness (QED) is 0.137. The average Bonchev–Trinajstić information content (AvgIpc) is 3.14. The Morgan fingerprint density at radius 1 is 1.06 bits per heavy atom. The minimum atomic E-state index is 0.433. The van der Waals surface area contributed by atoms with Crippen LogP contribution in [0.4, 0.5) is 0 Å². The van der Waals surface area contributed by atoms with Crippen LogP contribution in [-0.2, 0) is 6.61 Å². The van der Waals surface area contributed by atoms with Gasteiger partial charge < -0.3 is 4.74 Å². The molecule has 0 atom stereocenters. The minimum Gasteiger partial charge on any atom is -0.487 e. The number of nitrogens with zero attached hydrogens (tertiary/aromatic N) is 3. The molecule has 9 heteroatoms. The van der Waals surface area contributed by atoms with Crippen LogP contribution in [-0.4, -0.2) is 21.1 Å². The van der Waals surface area contributed by atoms with Crippen molar-refractivity contribution in [2.75, 3.05) is 0 Å². The zero-order chi connectivity index (χ0) is 21.8. The van der Waals surface area contributed by atoms with E-state index in [0.717, 1.165) is 29.6 Å². The second-order valence-electron chi connectivity index (χ2n) is 6.50. The Morgan fingerprint density at radius 2 is 1.74 bits per heavy atom. The van der Waals surface area contributed by atoms with Gasteiger partial charge >= 0.3 is 0 Å². The first kappa shape index (κ1) is 22.4. The van der Waals surface area contributed by atoms with E-state index in [2.05, 4.69) is 60.5 Å². The second kappa shape index (κ2) is 10.2. The van der Waals surface area contributed by atoms with Crippen molar-refractivity contribution in [2.24, 2.45) is 5.10 Å². The van der Waals surface area contributed by atoms with Crippen molar-refractivity contribution in [3.63, 3.8) is 0 Å². The molecule has 0 saturated carbocycles. The summed E-state index contributed by atoms with van der Waals surface area (Å²) in [5.74, 6) is 1.51. The van der Waals surface area contributed by atoms with E-state index < -0.39 is 0 Å². The molecule has 0 saturated heterocycles. The number of aromatic amines is 1. The minimum absolute atomic E-state index is 0.433. The van der Waals surface area contributed by atoms with Crippen LogP contribution in [0.1, 0.15) is 11.1 Å². The molecule has 1 heterocycles. The summed E-state index contributed by atoms with van der Waals surface area (Å²) in [5, 5.41) is 12.4. The van der Waals surface area contributed by atoms with Gasteiger partial charge in [-0.3, -0.25) is 0 Å². The highest BCUT2D eigenvalue weighted by Gasteiger charge is 2.10. The molecule has 0 bridgehead atoms. The zero-order valence-electron chi connectivity index (χ0n) is 15.9. The SMILES string of the molecule is S=c1[nH]nc(-c2ccccc2)n1/N=C\c1cc(I)c(OCc2ccc(Cl)cc2)c(I)c1. The van der Waals surface area contributed by atoms with E-state index in [9.17, 15) is 0 Å². The van der Waals surface area contributed by atoms with Crippen LogP contribution < -0.4 is 4.74 Å². The van der Waals surface area contributed by atoms with Crippen molar-refractivity contribution in [3.05, 3.63) is 94.8 Å². The molecule has 4 aromatic rings. The summed E-state index contributed by atoms with van der Waals surface area (Å²) >= 11 is 15.9. The van der Waals surface area contributed by atoms with Crippen LogP contribution in [0.2, 0.25) is 5.02 Å². The maximum absolute atomic E-state index is 6.06. The third-order valence-electron chi connectivity index (χ3n) is 4.32. The molecule has 0 amide bonds. The Bertz CT molecular complexity index is 1260. The number of nitrogens with one attached hydrogen (secondary N) is 1. The van der Waals surface area contributed by atoms with Gasteiger partial charge in [0, 0.05) is 10.6 Å². The first-order chi connectivity index (χ1) is 15.0. The molecule has 1 N–H and O–H groups in total. The molecule has 1 aromatic heterocycles. The number of hydrogen-bond acceptors (Lipinski definition) is 4. The largest absolute Gasteiger partial charge is 0.487 e. The predicted octanol–water partition coefficient (Wildman–Crippen LogP) is 6.93. The summed E-state index contributed by atoms with van der Waals surface area (Å²) in [4.78, 5) is 0. The Kier molecular flexibility index (Phi) is 7.41. The van der Waals surface area contributed by atoms with Crippen molar-refractivity contribution in [1.29, 1.82) is 0 Å². The first-order valence-corrected chi connectivity index (χ1v) is 12.1. The van der Waals surface area contributed by atoms with E-state index >= 15 is 0 Å². The van der Waals surface area contributed by atoms with Crippen LogP contribution in [0.25, 0.3) is 11.4 Å². The van der Waals surface area contributed by atoms with E-state index in [-0.39, 0.29) is 0 Å². The summed E-state index contributed by atoms with van der Waals surface area (Å²) in [5.41, 5.74) is 2.93. The summed E-state index contributed by atoms with van der Waals surface area (Å²) in [6.07, 6.45) is 1.77. The Labute approximate surface area is 216 Å². The lowest BCUT2D eigenvalue weighted by Gasteiger charge is -2.11. The average molecular weight is 673 g/mol. The highest BCUT2D eigenvalue weighted by Crippen LogP contribution is 2.29. The Balaban J connectivity index is 1.55. The monoisotopic (exact) mass is 672 g/mol. The summed E-state index contributed by atoms with van der Waals surface area (Å²) in [6, 6.07) is 21.5. The molecule has 0 aliphatic carbocycles. The molecule has 0 aliphatic rings. The van der Waals surface area contributed by atoms with E-state index in [4.69, 9.17) is 28.6 Å². The summed E-state index contributed by atoms with van der Waals surface area (Å²) in [6.45, 7) is 0.473. The molecular formula is C22H15ClI2N4OS. The van der Waals surface area contributed by atoms with Gasteiger partial charge in [-0.15, -0.1) is 0 Å². The van der Waals surface area contributed by atoms with Crippen molar-refractivity contribution in [3.8, 4) is 17.1 Å². The lowest BCUT2D eigenvalue weighted by molar-refractivity contribution is 0.302. The molecule has 31 heavy (non-hydrogen) atoms. The van der Waals surface area contributed by atoms with Crippen LogP contribution in [0.15, 0.2) is 71.8 Å². The number of benzene rings is 3. The number of hydrogen-bond donors (Lipinski definition) is 1. The maximum Gasteiger partial charge on any atom is 0.216 e. The molecule has 0 fully saturated rings. The zero-order valence-corrected chi connectivity index (χ0v) is 21.8. The number of halogens is 3. The van der Waals surface area contributed by atoms with Gasteiger partial charge in [0.05, 0.1) is 13.4 Å². The van der Waals surface area contributed by atoms with E-state index in [1.807, 2.05) is 66.7 Å². The molecule has 0 aliphatic heterocycles. The second-order valence-corrected chi connectivity index (χ2v) is 9.65. The topological polar surface area (TPSA) is 55.2 Å². The highest BCUT2D eigenvalue weighted by molar-refractivity contribution is 14.1. The van der Waals surface area contributed by atoms with Crippen LogP contribution >= 0.6 is 69.0 Å². The van der Waals surface area contributed by atoms with Crippen LogP contribution in [0.3, 0.4) is 0 Å². The van der Waals surface area contributed by atoms with Gasteiger partial charge in [0.25, 0.3) is 0 Å². The molecule has 4 rings (SSSR count). The van der Waals surface area contributed by atoms with Crippen molar-refractivity contribution >= 4 is 75.2 Å². The summed E-state index contributed by atoms with van der Waals surface area (Å²) < 4.78 is 10.1. The Morgan fingerprint density at radius 3 is 2.42 bits per heavy atom. The lowest BCUT2D eigenvalue weighted by Crippen LogP contribution is -2.00. The van der Waals surface area contributed by atoms with Gasteiger partial charge in [-0.05, 0) is 92.8 Å². The lowest BCUT2D eigenvalue weighted by atomic mass is 10.2. The highest BCUT2D eigenvalue weighted by atomic mass is 127. The molecular weight excluding hydrogens is 658 g/mol. The third-order valence-corrected chi connectivity index (χ3v) is 6.44. The normalized spacial score (nSPS) is 11.2. The van der Waals surface area contributed by atoms with Crippen LogP contribution in [0, 0.1) is 11.9 Å². The van der Waals surface area contributed by atoms with Gasteiger partial charge in [-0.2, -0.15) is 14.9 Å². The molecule has 156 valence electrons. The number of rotatable bonds is 6. The van der Waals surface area contributed by atoms with E-state index in [0.29, 0.717) is 22.2 Å². The third kappa shape index (κ3) is 5.54. The van der Waals surface area contributed by atoms with Gasteiger partial charge in [0.1, 0.15) is 12.4 Å². The molecule has 5 nitrogen and oxygen atoms in total.